The van der Waals surface area contributed by atoms with Crippen molar-refractivity contribution in [2.45, 2.75) is 19.5 Å². The van der Waals surface area contributed by atoms with E-state index in [0.29, 0.717) is 12.1 Å². The van der Waals surface area contributed by atoms with Crippen molar-refractivity contribution < 1.29 is 8.78 Å². The Bertz CT molecular complexity index is 764. The quantitative estimate of drug-likeness (QED) is 0.735. The van der Waals surface area contributed by atoms with Gasteiger partial charge in [-0.25, -0.2) is 8.78 Å². The van der Waals surface area contributed by atoms with Crippen LogP contribution in [-0.2, 0) is 6.54 Å². The van der Waals surface area contributed by atoms with Crippen LogP contribution in [0.3, 0.4) is 0 Å². The van der Waals surface area contributed by atoms with E-state index in [-0.39, 0.29) is 6.04 Å². The molecule has 21 heavy (non-hydrogen) atoms. The maximum absolute atomic E-state index is 13.7. The summed E-state index contributed by atoms with van der Waals surface area (Å²) in [5.74, 6) is -0.816. The Morgan fingerprint density at radius 3 is 2.81 bits per heavy atom. The number of halogens is 2. The van der Waals surface area contributed by atoms with Gasteiger partial charge in [0, 0.05) is 29.9 Å². The van der Waals surface area contributed by atoms with Crippen molar-refractivity contribution in [3.8, 4) is 0 Å². The van der Waals surface area contributed by atoms with Crippen molar-refractivity contribution >= 4 is 10.9 Å². The lowest BCUT2D eigenvalue weighted by Gasteiger charge is -2.15. The van der Waals surface area contributed by atoms with Crippen LogP contribution < -0.4 is 5.32 Å². The third-order valence-corrected chi connectivity index (χ3v) is 3.66. The first kappa shape index (κ1) is 13.8. The minimum atomic E-state index is -0.423. The smallest absolute Gasteiger partial charge is 0.128 e. The fourth-order valence-corrected chi connectivity index (χ4v) is 2.43. The summed E-state index contributed by atoms with van der Waals surface area (Å²) < 4.78 is 26.9. The van der Waals surface area contributed by atoms with E-state index in [1.165, 1.54) is 6.07 Å². The van der Waals surface area contributed by atoms with Gasteiger partial charge in [0.15, 0.2) is 0 Å². The number of benzene rings is 2. The lowest BCUT2D eigenvalue weighted by molar-refractivity contribution is 0.519. The number of H-pyrrole nitrogens is 1. The molecule has 0 aliphatic carbocycles. The molecular formula is C17H16F2N2. The second-order valence-corrected chi connectivity index (χ2v) is 5.17. The minimum Gasteiger partial charge on any atom is -0.361 e. The van der Waals surface area contributed by atoms with Crippen LogP contribution >= 0.6 is 0 Å². The van der Waals surface area contributed by atoms with E-state index in [1.807, 2.05) is 31.3 Å². The molecule has 2 N–H and O–H groups in total. The molecule has 1 unspecified atom stereocenters. The van der Waals surface area contributed by atoms with Gasteiger partial charge in [-0.05, 0) is 48.2 Å². The van der Waals surface area contributed by atoms with Crippen molar-refractivity contribution in [2.24, 2.45) is 0 Å². The molecule has 0 saturated carbocycles. The van der Waals surface area contributed by atoms with Gasteiger partial charge in [0.2, 0.25) is 0 Å². The molecule has 0 aliphatic heterocycles. The van der Waals surface area contributed by atoms with Gasteiger partial charge < -0.3 is 10.3 Å². The molecule has 0 spiro atoms. The second kappa shape index (κ2) is 5.66. The Hall–Kier alpha value is -2.20. The molecule has 0 amide bonds. The van der Waals surface area contributed by atoms with Gasteiger partial charge in [-0.2, -0.15) is 0 Å². The van der Waals surface area contributed by atoms with Crippen molar-refractivity contribution in [1.29, 1.82) is 0 Å². The lowest BCUT2D eigenvalue weighted by Crippen LogP contribution is -2.19. The first-order valence-electron chi connectivity index (χ1n) is 6.88. The SMILES string of the molecule is CC(NCc1ccc2cc[nH]c2c1)c1cc(F)ccc1F. The molecule has 1 atom stereocenters. The summed E-state index contributed by atoms with van der Waals surface area (Å²) in [5, 5.41) is 4.38. The van der Waals surface area contributed by atoms with Gasteiger partial charge in [-0.15, -0.1) is 0 Å². The van der Waals surface area contributed by atoms with Gasteiger partial charge in [-0.1, -0.05) is 12.1 Å². The van der Waals surface area contributed by atoms with Crippen LogP contribution in [0.2, 0.25) is 0 Å². The number of aromatic nitrogens is 1. The molecule has 4 heteroatoms. The van der Waals surface area contributed by atoms with Crippen LogP contribution in [0.4, 0.5) is 8.78 Å². The number of rotatable bonds is 4. The summed E-state index contributed by atoms with van der Waals surface area (Å²) >= 11 is 0. The maximum Gasteiger partial charge on any atom is 0.128 e. The number of fused-ring (bicyclic) bond motifs is 1. The Morgan fingerprint density at radius 1 is 1.10 bits per heavy atom. The van der Waals surface area contributed by atoms with Crippen LogP contribution in [0.15, 0.2) is 48.7 Å². The highest BCUT2D eigenvalue weighted by molar-refractivity contribution is 5.79. The highest BCUT2D eigenvalue weighted by Gasteiger charge is 2.11. The molecule has 108 valence electrons. The Balaban J connectivity index is 1.72. The van der Waals surface area contributed by atoms with Gasteiger partial charge in [0.1, 0.15) is 11.6 Å². The summed E-state index contributed by atoms with van der Waals surface area (Å²) in [6, 6.07) is 11.4. The van der Waals surface area contributed by atoms with Gasteiger partial charge in [0.25, 0.3) is 0 Å². The summed E-state index contributed by atoms with van der Waals surface area (Å²) in [7, 11) is 0. The Morgan fingerprint density at radius 2 is 1.95 bits per heavy atom. The predicted octanol–water partition coefficient (Wildman–Crippen LogP) is 4.30. The van der Waals surface area contributed by atoms with Crippen LogP contribution in [0, 0.1) is 11.6 Å². The normalized spacial score (nSPS) is 12.7. The molecule has 1 aromatic heterocycles. The third kappa shape index (κ3) is 2.95. The van der Waals surface area contributed by atoms with E-state index >= 15 is 0 Å². The van der Waals surface area contributed by atoms with E-state index in [1.54, 1.807) is 0 Å². The summed E-state index contributed by atoms with van der Waals surface area (Å²) in [6.07, 6.45) is 1.90. The maximum atomic E-state index is 13.7. The monoisotopic (exact) mass is 286 g/mol. The van der Waals surface area contributed by atoms with Crippen molar-refractivity contribution in [3.05, 3.63) is 71.4 Å². The fourth-order valence-electron chi connectivity index (χ4n) is 2.43. The predicted molar refractivity (Wildman–Crippen MR) is 79.9 cm³/mol. The first-order valence-corrected chi connectivity index (χ1v) is 6.88. The number of nitrogens with one attached hydrogen (secondary N) is 2. The topological polar surface area (TPSA) is 27.8 Å². The average molecular weight is 286 g/mol. The average Bonchev–Trinajstić information content (AvgIpc) is 2.94. The van der Waals surface area contributed by atoms with E-state index < -0.39 is 11.6 Å². The second-order valence-electron chi connectivity index (χ2n) is 5.17. The molecule has 2 nitrogen and oxygen atoms in total. The Kier molecular flexibility index (Phi) is 3.71. The van der Waals surface area contributed by atoms with Crippen LogP contribution in [-0.4, -0.2) is 4.98 Å². The van der Waals surface area contributed by atoms with Gasteiger partial charge in [0.05, 0.1) is 0 Å². The molecule has 0 radical (unpaired) electrons. The number of aromatic amines is 1. The summed E-state index contributed by atoms with van der Waals surface area (Å²) in [5.41, 5.74) is 2.50. The molecule has 0 saturated heterocycles. The van der Waals surface area contributed by atoms with Crippen LogP contribution in [0.5, 0.6) is 0 Å². The highest BCUT2D eigenvalue weighted by Crippen LogP contribution is 2.19. The van der Waals surface area contributed by atoms with Crippen molar-refractivity contribution in [3.63, 3.8) is 0 Å². The zero-order valence-corrected chi connectivity index (χ0v) is 11.7. The molecule has 3 aromatic rings. The largest absolute Gasteiger partial charge is 0.361 e. The zero-order valence-electron chi connectivity index (χ0n) is 11.7. The van der Waals surface area contributed by atoms with Gasteiger partial charge >= 0.3 is 0 Å². The zero-order chi connectivity index (χ0) is 14.8. The van der Waals surface area contributed by atoms with Crippen LogP contribution in [0.25, 0.3) is 10.9 Å². The minimum absolute atomic E-state index is 0.264. The van der Waals surface area contributed by atoms with E-state index in [4.69, 9.17) is 0 Å². The summed E-state index contributed by atoms with van der Waals surface area (Å²) in [6.45, 7) is 2.41. The van der Waals surface area contributed by atoms with Crippen LogP contribution in [0.1, 0.15) is 24.1 Å². The molecule has 0 bridgehead atoms. The van der Waals surface area contributed by atoms with E-state index in [0.717, 1.165) is 28.6 Å². The highest BCUT2D eigenvalue weighted by atomic mass is 19.1. The molecule has 3 rings (SSSR count). The number of hydrogen-bond donors (Lipinski definition) is 2. The molecule has 0 fully saturated rings. The fraction of sp³-hybridized carbons (Fsp3) is 0.176. The number of hydrogen-bond acceptors (Lipinski definition) is 1. The molecule has 2 aromatic carbocycles. The molecule has 0 aliphatic rings. The first-order chi connectivity index (χ1) is 10.1. The van der Waals surface area contributed by atoms with E-state index in [2.05, 4.69) is 16.4 Å². The summed E-state index contributed by atoms with van der Waals surface area (Å²) in [4.78, 5) is 3.16. The van der Waals surface area contributed by atoms with Crippen molar-refractivity contribution in [2.75, 3.05) is 0 Å². The molecular weight excluding hydrogens is 270 g/mol. The van der Waals surface area contributed by atoms with E-state index in [9.17, 15) is 8.78 Å². The van der Waals surface area contributed by atoms with Gasteiger partial charge in [-0.3, -0.25) is 0 Å². The van der Waals surface area contributed by atoms with Crippen molar-refractivity contribution in [1.82, 2.24) is 10.3 Å². The Labute approximate surface area is 121 Å². The molecule has 1 heterocycles. The lowest BCUT2D eigenvalue weighted by atomic mass is 10.1. The standard InChI is InChI=1S/C17H16F2N2/c1-11(15-9-14(18)4-5-16(15)19)21-10-12-2-3-13-6-7-20-17(13)8-12/h2-9,11,20-21H,10H2,1H3. The third-order valence-electron chi connectivity index (χ3n) is 3.66.